The van der Waals surface area contributed by atoms with Crippen molar-refractivity contribution in [3.05, 3.63) is 38.8 Å². The van der Waals surface area contributed by atoms with Gasteiger partial charge in [0, 0.05) is 11.1 Å². The van der Waals surface area contributed by atoms with Crippen molar-refractivity contribution in [2.75, 3.05) is 20.0 Å². The van der Waals surface area contributed by atoms with Gasteiger partial charge in [-0.15, -0.1) is 0 Å². The van der Waals surface area contributed by atoms with Gasteiger partial charge in [-0.1, -0.05) is 11.6 Å². The van der Waals surface area contributed by atoms with Crippen molar-refractivity contribution in [2.45, 2.75) is 12.8 Å². The molecule has 1 saturated heterocycles. The van der Waals surface area contributed by atoms with Gasteiger partial charge in [-0.05, 0) is 27.6 Å². The van der Waals surface area contributed by atoms with E-state index >= 15 is 0 Å². The number of aromatic nitrogens is 2. The highest BCUT2D eigenvalue weighted by Crippen LogP contribution is 2.38. The number of benzene rings is 1. The van der Waals surface area contributed by atoms with Crippen molar-refractivity contribution in [1.82, 2.24) is 9.55 Å². The zero-order chi connectivity index (χ0) is 16.7. The fraction of sp³-hybridized carbons (Fsp3) is 0.333. The van der Waals surface area contributed by atoms with Gasteiger partial charge in [-0.3, -0.25) is 4.79 Å². The van der Waals surface area contributed by atoms with Crippen LogP contribution in [0.1, 0.15) is 28.2 Å². The second kappa shape index (κ2) is 6.36. The molecule has 0 atom stereocenters. The smallest absolute Gasteiger partial charge is 0.231 e. The fourth-order valence-corrected chi connectivity index (χ4v) is 3.37. The van der Waals surface area contributed by atoms with Crippen molar-refractivity contribution in [3.63, 3.8) is 0 Å². The number of hydrogen-bond donors (Lipinski definition) is 0. The molecule has 24 heavy (non-hydrogen) atoms. The molecule has 1 aromatic carbocycles. The summed E-state index contributed by atoms with van der Waals surface area (Å²) in [5, 5.41) is 0.514. The van der Waals surface area contributed by atoms with Gasteiger partial charge in [0.25, 0.3) is 0 Å². The van der Waals surface area contributed by atoms with E-state index in [0.29, 0.717) is 52.4 Å². The average Bonchev–Trinajstić information content (AvgIpc) is 3.28. The molecule has 0 radical (unpaired) electrons. The molecule has 0 aliphatic carbocycles. The van der Waals surface area contributed by atoms with E-state index in [0.717, 1.165) is 11.8 Å². The predicted octanol–water partition coefficient (Wildman–Crippen LogP) is 2.93. The number of fused-ring (bicyclic) bond motifs is 1. The number of rotatable bonds is 4. The SMILES string of the molecule is O=Cc1c(Br)nc(C2OCCO2)n1Cc1cc2c(cc1Cl)OCO2. The summed E-state index contributed by atoms with van der Waals surface area (Å²) in [5.41, 5.74) is 1.16. The van der Waals surface area contributed by atoms with Crippen LogP contribution >= 0.6 is 27.5 Å². The number of carbonyl (C=O) groups is 1. The van der Waals surface area contributed by atoms with Gasteiger partial charge in [0.2, 0.25) is 13.1 Å². The Kier molecular flexibility index (Phi) is 4.21. The zero-order valence-electron chi connectivity index (χ0n) is 12.3. The lowest BCUT2D eigenvalue weighted by atomic mass is 10.2. The standard InChI is InChI=1S/C15H12BrClN2O5/c16-13-10(6-20)19(14(18-13)15-21-1-2-22-15)5-8-3-11-12(4-9(8)17)24-7-23-11/h3-4,6,15H,1-2,5,7H2. The maximum Gasteiger partial charge on any atom is 0.231 e. The highest BCUT2D eigenvalue weighted by Gasteiger charge is 2.28. The first-order valence-corrected chi connectivity index (χ1v) is 8.37. The lowest BCUT2D eigenvalue weighted by Crippen LogP contribution is -2.13. The van der Waals surface area contributed by atoms with Gasteiger partial charge >= 0.3 is 0 Å². The molecule has 0 amide bonds. The number of hydrogen-bond acceptors (Lipinski definition) is 6. The first kappa shape index (κ1) is 15.9. The lowest BCUT2D eigenvalue weighted by Gasteiger charge is -2.14. The Balaban J connectivity index is 1.75. The summed E-state index contributed by atoms with van der Waals surface area (Å²) in [6, 6.07) is 3.50. The predicted molar refractivity (Wildman–Crippen MR) is 86.6 cm³/mol. The van der Waals surface area contributed by atoms with Crippen LogP contribution in [0.3, 0.4) is 0 Å². The molecule has 1 aromatic heterocycles. The highest BCUT2D eigenvalue weighted by atomic mass is 79.9. The van der Waals surface area contributed by atoms with Crippen molar-refractivity contribution in [2.24, 2.45) is 0 Å². The molecule has 9 heteroatoms. The van der Waals surface area contributed by atoms with E-state index in [1.807, 2.05) is 0 Å². The molecule has 1 fully saturated rings. The van der Waals surface area contributed by atoms with Crippen LogP contribution in [0.4, 0.5) is 0 Å². The quantitative estimate of drug-likeness (QED) is 0.715. The molecule has 2 aliphatic rings. The average molecular weight is 416 g/mol. The number of ether oxygens (including phenoxy) is 4. The summed E-state index contributed by atoms with van der Waals surface area (Å²) in [6.07, 6.45) is 0.124. The van der Waals surface area contributed by atoms with Gasteiger partial charge in [0.15, 0.2) is 23.6 Å². The molecular weight excluding hydrogens is 404 g/mol. The Morgan fingerprint density at radius 3 is 2.71 bits per heavy atom. The van der Waals surface area contributed by atoms with E-state index in [1.165, 1.54) is 0 Å². The minimum atomic E-state index is -0.609. The molecule has 0 unspecified atom stereocenters. The number of imidazole rings is 1. The van der Waals surface area contributed by atoms with E-state index in [4.69, 9.17) is 30.5 Å². The number of aldehydes is 1. The Morgan fingerprint density at radius 2 is 2.00 bits per heavy atom. The molecule has 0 bridgehead atoms. The molecule has 0 saturated carbocycles. The van der Waals surface area contributed by atoms with Gasteiger partial charge < -0.3 is 23.5 Å². The molecule has 7 nitrogen and oxygen atoms in total. The third-order valence-corrected chi connectivity index (χ3v) is 4.74. The largest absolute Gasteiger partial charge is 0.454 e. The van der Waals surface area contributed by atoms with Gasteiger partial charge in [0.05, 0.1) is 19.8 Å². The first-order chi connectivity index (χ1) is 11.7. The monoisotopic (exact) mass is 414 g/mol. The molecule has 3 heterocycles. The molecular formula is C15H12BrClN2O5. The van der Waals surface area contributed by atoms with E-state index in [-0.39, 0.29) is 6.79 Å². The van der Waals surface area contributed by atoms with Crippen molar-refractivity contribution >= 4 is 33.8 Å². The van der Waals surface area contributed by atoms with Crippen LogP contribution < -0.4 is 9.47 Å². The highest BCUT2D eigenvalue weighted by molar-refractivity contribution is 9.10. The Labute approximate surface area is 150 Å². The van der Waals surface area contributed by atoms with Crippen LogP contribution in [0.25, 0.3) is 0 Å². The van der Waals surface area contributed by atoms with Crippen LogP contribution in [-0.2, 0) is 16.0 Å². The zero-order valence-corrected chi connectivity index (χ0v) is 14.7. The molecule has 126 valence electrons. The third-order valence-electron chi connectivity index (χ3n) is 3.81. The fourth-order valence-electron chi connectivity index (χ4n) is 2.67. The molecule has 2 aliphatic heterocycles. The third kappa shape index (κ3) is 2.69. The summed E-state index contributed by atoms with van der Waals surface area (Å²) >= 11 is 9.65. The maximum atomic E-state index is 11.5. The van der Waals surface area contributed by atoms with Crippen LogP contribution in [0, 0.1) is 0 Å². The second-order valence-electron chi connectivity index (χ2n) is 5.22. The molecule has 0 N–H and O–H groups in total. The van der Waals surface area contributed by atoms with Crippen LogP contribution in [0.15, 0.2) is 16.7 Å². The van der Waals surface area contributed by atoms with Crippen LogP contribution in [0.5, 0.6) is 11.5 Å². The maximum absolute atomic E-state index is 11.5. The van der Waals surface area contributed by atoms with Crippen molar-refractivity contribution in [3.8, 4) is 11.5 Å². The van der Waals surface area contributed by atoms with Gasteiger partial charge in [0.1, 0.15) is 10.3 Å². The molecule has 0 spiro atoms. The Morgan fingerprint density at radius 1 is 1.29 bits per heavy atom. The summed E-state index contributed by atoms with van der Waals surface area (Å²) < 4.78 is 23.9. The van der Waals surface area contributed by atoms with Gasteiger partial charge in [-0.2, -0.15) is 0 Å². The van der Waals surface area contributed by atoms with E-state index < -0.39 is 6.29 Å². The number of halogens is 2. The van der Waals surface area contributed by atoms with Crippen LogP contribution in [0.2, 0.25) is 5.02 Å². The Hall–Kier alpha value is -1.61. The van der Waals surface area contributed by atoms with Crippen molar-refractivity contribution < 1.29 is 23.7 Å². The summed E-state index contributed by atoms with van der Waals surface area (Å²) in [7, 11) is 0. The normalized spacial score (nSPS) is 16.8. The Bertz CT molecular complexity index is 804. The minimum Gasteiger partial charge on any atom is -0.454 e. The van der Waals surface area contributed by atoms with Gasteiger partial charge in [-0.25, -0.2) is 4.98 Å². The van der Waals surface area contributed by atoms with E-state index in [2.05, 4.69) is 20.9 Å². The molecule has 2 aromatic rings. The number of nitrogens with zero attached hydrogens (tertiary/aromatic N) is 2. The summed E-state index contributed by atoms with van der Waals surface area (Å²) in [6.45, 7) is 1.45. The second-order valence-corrected chi connectivity index (χ2v) is 6.38. The minimum absolute atomic E-state index is 0.167. The lowest BCUT2D eigenvalue weighted by molar-refractivity contribution is -0.0528. The van der Waals surface area contributed by atoms with E-state index in [9.17, 15) is 4.79 Å². The first-order valence-electron chi connectivity index (χ1n) is 7.19. The molecule has 4 rings (SSSR count). The summed E-state index contributed by atoms with van der Waals surface area (Å²) in [5.74, 6) is 1.74. The van der Waals surface area contributed by atoms with E-state index in [1.54, 1.807) is 16.7 Å². The number of carbonyl (C=O) groups excluding carboxylic acids is 1. The van der Waals surface area contributed by atoms with Crippen LogP contribution in [-0.4, -0.2) is 35.8 Å². The topological polar surface area (TPSA) is 71.8 Å². The van der Waals surface area contributed by atoms with Crippen molar-refractivity contribution in [1.29, 1.82) is 0 Å². The summed E-state index contributed by atoms with van der Waals surface area (Å²) in [4.78, 5) is 15.8.